The minimum Gasteiger partial charge on any atom is -0.320 e. The van der Waals surface area contributed by atoms with Crippen LogP contribution in [0.1, 0.15) is 24.5 Å². The van der Waals surface area contributed by atoms with Crippen molar-refractivity contribution in [3.05, 3.63) is 64.7 Å². The van der Waals surface area contributed by atoms with E-state index in [1.807, 2.05) is 30.3 Å². The molecule has 5 heteroatoms. The maximum atomic E-state index is 6.29. The van der Waals surface area contributed by atoms with Crippen LogP contribution in [0.2, 0.25) is 5.02 Å². The first-order valence-corrected chi connectivity index (χ1v) is 8.43. The number of amidine groups is 1. The van der Waals surface area contributed by atoms with E-state index < -0.39 is 0 Å². The average Bonchev–Trinajstić information content (AvgIpc) is 2.78. The molecular weight excluding hydrogens is 320 g/mol. The number of fused-ring (bicyclic) bond motifs is 3. The summed E-state index contributed by atoms with van der Waals surface area (Å²) in [5, 5.41) is 9.44. The molecule has 0 spiro atoms. The van der Waals surface area contributed by atoms with Gasteiger partial charge in [-0.3, -0.25) is 4.99 Å². The zero-order valence-corrected chi connectivity index (χ0v) is 14.2. The third-order valence-corrected chi connectivity index (χ3v) is 4.53. The van der Waals surface area contributed by atoms with Crippen LogP contribution in [-0.4, -0.2) is 30.3 Å². The van der Waals surface area contributed by atoms with E-state index in [1.165, 1.54) is 0 Å². The summed E-state index contributed by atoms with van der Waals surface area (Å²) in [5.41, 5.74) is 5.22. The maximum absolute atomic E-state index is 6.29. The summed E-state index contributed by atoms with van der Waals surface area (Å²) in [6, 6.07) is 16.2. The van der Waals surface area contributed by atoms with Gasteiger partial charge in [0.15, 0.2) is 5.84 Å². The van der Waals surface area contributed by atoms with Crippen molar-refractivity contribution in [3.63, 3.8) is 0 Å². The summed E-state index contributed by atoms with van der Waals surface area (Å²) in [7, 11) is 0. The minimum atomic E-state index is 0.511. The molecule has 120 valence electrons. The molecule has 0 fully saturated rings. The van der Waals surface area contributed by atoms with Crippen molar-refractivity contribution in [1.82, 2.24) is 0 Å². The lowest BCUT2D eigenvalue weighted by Gasteiger charge is -2.28. The Hall–Kier alpha value is -2.46. The molecule has 2 heterocycles. The first-order chi connectivity index (χ1) is 11.8. The molecule has 0 atom stereocenters. The smallest absolute Gasteiger partial charge is 0.154 e. The second-order valence-electron chi connectivity index (χ2n) is 5.81. The van der Waals surface area contributed by atoms with Crippen LogP contribution in [0, 0.1) is 0 Å². The van der Waals surface area contributed by atoms with Gasteiger partial charge in [-0.05, 0) is 24.6 Å². The third-order valence-electron chi connectivity index (χ3n) is 4.30. The third kappa shape index (κ3) is 2.63. The molecule has 2 aromatic carbocycles. The van der Waals surface area contributed by atoms with Gasteiger partial charge in [0, 0.05) is 16.1 Å². The Balaban J connectivity index is 1.89. The van der Waals surface area contributed by atoms with Crippen molar-refractivity contribution in [2.75, 3.05) is 18.0 Å². The maximum Gasteiger partial charge on any atom is 0.154 e. The van der Waals surface area contributed by atoms with Crippen molar-refractivity contribution >= 4 is 34.5 Å². The Morgan fingerprint density at radius 2 is 1.92 bits per heavy atom. The molecule has 2 aliphatic rings. The lowest BCUT2D eigenvalue weighted by atomic mass is 10.00. The van der Waals surface area contributed by atoms with E-state index in [-0.39, 0.29) is 0 Å². The van der Waals surface area contributed by atoms with Crippen LogP contribution < -0.4 is 4.90 Å². The molecule has 0 radical (unpaired) electrons. The van der Waals surface area contributed by atoms with Gasteiger partial charge in [0.2, 0.25) is 0 Å². The Morgan fingerprint density at radius 1 is 1.08 bits per heavy atom. The number of halogens is 1. The van der Waals surface area contributed by atoms with Crippen molar-refractivity contribution in [2.24, 2.45) is 15.2 Å². The van der Waals surface area contributed by atoms with Gasteiger partial charge < -0.3 is 4.90 Å². The second kappa shape index (κ2) is 6.21. The highest BCUT2D eigenvalue weighted by Crippen LogP contribution is 2.30. The lowest BCUT2D eigenvalue weighted by molar-refractivity contribution is 1.00. The lowest BCUT2D eigenvalue weighted by Crippen LogP contribution is -2.39. The van der Waals surface area contributed by atoms with Gasteiger partial charge in [0.1, 0.15) is 0 Å². The molecule has 4 rings (SSSR count). The van der Waals surface area contributed by atoms with Crippen LogP contribution in [-0.2, 0) is 0 Å². The van der Waals surface area contributed by atoms with E-state index in [1.54, 1.807) is 0 Å². The molecule has 2 aliphatic heterocycles. The number of hydrogen-bond acceptors (Lipinski definition) is 4. The van der Waals surface area contributed by atoms with Gasteiger partial charge in [-0.2, -0.15) is 5.10 Å². The molecule has 0 unspecified atom stereocenters. The minimum absolute atomic E-state index is 0.511. The molecular formula is C19H17ClN4. The van der Waals surface area contributed by atoms with Crippen LogP contribution in [0.25, 0.3) is 0 Å². The number of hydrogen-bond donors (Lipinski definition) is 0. The summed E-state index contributed by atoms with van der Waals surface area (Å²) in [5.74, 6) is 0.877. The fourth-order valence-corrected chi connectivity index (χ4v) is 3.19. The monoisotopic (exact) mass is 336 g/mol. The van der Waals surface area contributed by atoms with E-state index >= 15 is 0 Å². The highest BCUT2D eigenvalue weighted by molar-refractivity contribution is 6.32. The summed E-state index contributed by atoms with van der Waals surface area (Å²) < 4.78 is 0. The van der Waals surface area contributed by atoms with Crippen molar-refractivity contribution in [2.45, 2.75) is 13.3 Å². The topological polar surface area (TPSA) is 40.3 Å². The van der Waals surface area contributed by atoms with Crippen LogP contribution in [0.15, 0.2) is 63.7 Å². The molecule has 0 saturated heterocycles. The molecule has 0 amide bonds. The second-order valence-corrected chi connectivity index (χ2v) is 6.25. The molecule has 0 saturated carbocycles. The van der Waals surface area contributed by atoms with Crippen LogP contribution in [0.3, 0.4) is 0 Å². The van der Waals surface area contributed by atoms with Crippen LogP contribution in [0.4, 0.5) is 5.69 Å². The molecule has 0 bridgehead atoms. The zero-order valence-electron chi connectivity index (χ0n) is 13.4. The standard InChI is InChI=1S/C19H17ClN4/c1-2-15-12-24-17-9-8-14(20)10-16(17)19(13-6-4-3-5-7-13)21-11-18(24)23-22-15/h3-10H,2,11-12H2,1H3. The fraction of sp³-hybridized carbons (Fsp3) is 0.211. The summed E-state index contributed by atoms with van der Waals surface area (Å²) >= 11 is 6.29. The van der Waals surface area contributed by atoms with Gasteiger partial charge in [-0.15, -0.1) is 5.10 Å². The van der Waals surface area contributed by atoms with E-state index in [9.17, 15) is 0 Å². The van der Waals surface area contributed by atoms with Gasteiger partial charge in [-0.25, -0.2) is 0 Å². The Kier molecular flexibility index (Phi) is 3.90. The van der Waals surface area contributed by atoms with E-state index in [2.05, 4.69) is 40.2 Å². The molecule has 0 N–H and O–H groups in total. The van der Waals surface area contributed by atoms with Crippen LogP contribution >= 0.6 is 11.6 Å². The molecule has 4 nitrogen and oxygen atoms in total. The van der Waals surface area contributed by atoms with Crippen molar-refractivity contribution in [3.8, 4) is 0 Å². The Bertz CT molecular complexity index is 868. The number of nitrogens with zero attached hydrogens (tertiary/aromatic N) is 4. The Morgan fingerprint density at radius 3 is 2.71 bits per heavy atom. The predicted molar refractivity (Wildman–Crippen MR) is 101 cm³/mol. The van der Waals surface area contributed by atoms with E-state index in [0.717, 1.165) is 47.0 Å². The van der Waals surface area contributed by atoms with Gasteiger partial charge in [0.05, 0.1) is 30.2 Å². The number of aliphatic imine (C=N–C) groups is 1. The summed E-state index contributed by atoms with van der Waals surface area (Å²) in [6.07, 6.45) is 0.891. The fourth-order valence-electron chi connectivity index (χ4n) is 3.02. The predicted octanol–water partition coefficient (Wildman–Crippen LogP) is 4.18. The quantitative estimate of drug-likeness (QED) is 0.811. The average molecular weight is 337 g/mol. The SMILES string of the molecule is CCC1=NN=C2CN=C(c3ccccc3)c3cc(Cl)ccc3N2C1. The summed E-state index contributed by atoms with van der Waals surface area (Å²) in [6.45, 7) is 3.37. The van der Waals surface area contributed by atoms with Crippen molar-refractivity contribution < 1.29 is 0 Å². The Labute approximate surface area is 146 Å². The highest BCUT2D eigenvalue weighted by atomic mass is 35.5. The summed E-state index contributed by atoms with van der Waals surface area (Å²) in [4.78, 5) is 7.03. The van der Waals surface area contributed by atoms with E-state index in [4.69, 9.17) is 16.6 Å². The molecule has 0 aliphatic carbocycles. The normalized spacial score (nSPS) is 16.4. The highest BCUT2D eigenvalue weighted by Gasteiger charge is 2.26. The van der Waals surface area contributed by atoms with Gasteiger partial charge >= 0.3 is 0 Å². The van der Waals surface area contributed by atoms with E-state index in [0.29, 0.717) is 11.6 Å². The van der Waals surface area contributed by atoms with Gasteiger partial charge in [0.25, 0.3) is 0 Å². The number of benzene rings is 2. The van der Waals surface area contributed by atoms with Crippen LogP contribution in [0.5, 0.6) is 0 Å². The zero-order chi connectivity index (χ0) is 16.5. The number of rotatable bonds is 2. The molecule has 2 aromatic rings. The molecule has 0 aromatic heterocycles. The van der Waals surface area contributed by atoms with Gasteiger partial charge in [-0.1, -0.05) is 48.9 Å². The molecule has 24 heavy (non-hydrogen) atoms. The first kappa shape index (κ1) is 15.1. The largest absolute Gasteiger partial charge is 0.320 e. The van der Waals surface area contributed by atoms with Crippen molar-refractivity contribution in [1.29, 1.82) is 0 Å². The number of anilines is 1. The first-order valence-electron chi connectivity index (χ1n) is 8.06.